The maximum atomic E-state index is 3.84. The van der Waals surface area contributed by atoms with Gasteiger partial charge in [-0.1, -0.05) is 78.1 Å². The maximum Gasteiger partial charge on any atom is -0.0386 e. The fraction of sp³-hybridized carbons (Fsp3) is 0.769. The highest BCUT2D eigenvalue weighted by atomic mass is 14.0. The van der Waals surface area contributed by atoms with Crippen LogP contribution in [0.4, 0.5) is 0 Å². The van der Waals surface area contributed by atoms with E-state index in [4.69, 9.17) is 0 Å². The minimum absolute atomic E-state index is 1.09. The zero-order valence-electron chi connectivity index (χ0n) is 9.06. The molecule has 0 heteroatoms. The lowest BCUT2D eigenvalue weighted by Gasteiger charge is -2.00. The summed E-state index contributed by atoms with van der Waals surface area (Å²) in [5.74, 6) is 0. The SMILES string of the molecule is [CH2]CCCC[CH]CCCCCC[CH2]. The van der Waals surface area contributed by atoms with Crippen molar-refractivity contribution in [1.82, 2.24) is 0 Å². The van der Waals surface area contributed by atoms with Crippen LogP contribution in [0.3, 0.4) is 0 Å². The van der Waals surface area contributed by atoms with Crippen LogP contribution in [0.25, 0.3) is 0 Å². The van der Waals surface area contributed by atoms with E-state index in [1.165, 1.54) is 51.4 Å². The van der Waals surface area contributed by atoms with E-state index in [2.05, 4.69) is 20.3 Å². The Labute approximate surface area is 85.1 Å². The van der Waals surface area contributed by atoms with Crippen LogP contribution in [0.1, 0.15) is 64.2 Å². The van der Waals surface area contributed by atoms with Gasteiger partial charge in [-0.25, -0.2) is 0 Å². The quantitative estimate of drug-likeness (QED) is 0.426. The minimum Gasteiger partial charge on any atom is -0.0533 e. The summed E-state index contributed by atoms with van der Waals surface area (Å²) in [6.45, 7) is 7.67. The summed E-state index contributed by atoms with van der Waals surface area (Å²) in [4.78, 5) is 0. The molecule has 0 aromatic rings. The molecule has 0 bridgehead atoms. The van der Waals surface area contributed by atoms with Crippen molar-refractivity contribution in [3.8, 4) is 0 Å². The number of rotatable bonds is 10. The molecule has 0 aromatic heterocycles. The molecule has 0 spiro atoms. The zero-order chi connectivity index (χ0) is 9.78. The van der Waals surface area contributed by atoms with Gasteiger partial charge in [0.1, 0.15) is 0 Å². The van der Waals surface area contributed by atoms with Crippen molar-refractivity contribution < 1.29 is 0 Å². The molecule has 0 atom stereocenters. The van der Waals surface area contributed by atoms with Gasteiger partial charge in [0, 0.05) is 0 Å². The minimum atomic E-state index is 1.09. The summed E-state index contributed by atoms with van der Waals surface area (Å²) >= 11 is 0. The van der Waals surface area contributed by atoms with E-state index in [0.29, 0.717) is 0 Å². The average molecular weight is 181 g/mol. The maximum absolute atomic E-state index is 3.84. The van der Waals surface area contributed by atoms with E-state index < -0.39 is 0 Å². The van der Waals surface area contributed by atoms with E-state index in [1.54, 1.807) is 0 Å². The van der Waals surface area contributed by atoms with Crippen LogP contribution in [0.15, 0.2) is 0 Å². The van der Waals surface area contributed by atoms with Gasteiger partial charge in [-0.2, -0.15) is 0 Å². The summed E-state index contributed by atoms with van der Waals surface area (Å²) in [6.07, 6.45) is 15.3. The fourth-order valence-corrected chi connectivity index (χ4v) is 1.43. The molecule has 0 heterocycles. The van der Waals surface area contributed by atoms with Gasteiger partial charge in [-0.3, -0.25) is 0 Å². The highest BCUT2D eigenvalue weighted by molar-refractivity contribution is 4.64. The third kappa shape index (κ3) is 12.0. The Bertz CT molecular complexity index is 66.1. The number of hydrogen-bond acceptors (Lipinski definition) is 0. The number of unbranched alkanes of at least 4 members (excludes halogenated alkanes) is 10. The van der Waals surface area contributed by atoms with Crippen LogP contribution in [0, 0.1) is 20.3 Å². The Kier molecular flexibility index (Phi) is 12.0. The first-order valence-electron chi connectivity index (χ1n) is 5.82. The van der Waals surface area contributed by atoms with Gasteiger partial charge in [-0.15, -0.1) is 0 Å². The third-order valence-electron chi connectivity index (χ3n) is 2.32. The van der Waals surface area contributed by atoms with Crippen molar-refractivity contribution in [1.29, 1.82) is 0 Å². The second-order valence-electron chi connectivity index (χ2n) is 3.69. The standard InChI is InChI=1S/C13H25/c1-3-5-7-9-11-13-12-10-8-6-4-2/h11H,1-10,12-13H2. The van der Waals surface area contributed by atoms with Crippen LogP contribution >= 0.6 is 0 Å². The normalized spacial score (nSPS) is 10.6. The average Bonchev–Trinajstić information content (AvgIpc) is 2.16. The van der Waals surface area contributed by atoms with Crippen LogP contribution in [0.5, 0.6) is 0 Å². The van der Waals surface area contributed by atoms with Gasteiger partial charge in [-0.05, 0) is 6.42 Å². The second-order valence-corrected chi connectivity index (χ2v) is 3.69. The molecule has 0 aliphatic carbocycles. The molecule has 3 radical (unpaired) electrons. The summed E-state index contributed by atoms with van der Waals surface area (Å²) in [7, 11) is 0. The molecule has 0 unspecified atom stereocenters. The molecule has 0 aliphatic heterocycles. The van der Waals surface area contributed by atoms with E-state index in [9.17, 15) is 0 Å². The van der Waals surface area contributed by atoms with Crippen LogP contribution in [-0.4, -0.2) is 0 Å². The lowest BCUT2D eigenvalue weighted by molar-refractivity contribution is 0.623. The first-order valence-corrected chi connectivity index (χ1v) is 5.82. The number of hydrogen-bond donors (Lipinski definition) is 0. The smallest absolute Gasteiger partial charge is 0.0386 e. The summed E-state index contributed by atoms with van der Waals surface area (Å²) in [5.41, 5.74) is 0. The fourth-order valence-electron chi connectivity index (χ4n) is 1.43. The van der Waals surface area contributed by atoms with Crippen LogP contribution < -0.4 is 0 Å². The molecular weight excluding hydrogens is 156 g/mol. The van der Waals surface area contributed by atoms with E-state index in [-0.39, 0.29) is 0 Å². The van der Waals surface area contributed by atoms with Gasteiger partial charge in [0.05, 0.1) is 0 Å². The monoisotopic (exact) mass is 181 g/mol. The molecule has 0 fully saturated rings. The molecule has 0 saturated carbocycles. The molecule has 0 rings (SSSR count). The molecule has 13 heavy (non-hydrogen) atoms. The summed E-state index contributed by atoms with van der Waals surface area (Å²) in [5, 5.41) is 0. The van der Waals surface area contributed by atoms with Crippen molar-refractivity contribution in [2.45, 2.75) is 64.2 Å². The molecule has 0 aromatic carbocycles. The van der Waals surface area contributed by atoms with E-state index in [1.807, 2.05) is 0 Å². The Hall–Kier alpha value is 0. The van der Waals surface area contributed by atoms with Crippen molar-refractivity contribution in [2.75, 3.05) is 0 Å². The Morgan fingerprint density at radius 2 is 1.08 bits per heavy atom. The largest absolute Gasteiger partial charge is 0.0533 e. The molecular formula is C13H25. The first-order chi connectivity index (χ1) is 6.41. The Morgan fingerprint density at radius 3 is 1.69 bits per heavy atom. The van der Waals surface area contributed by atoms with Crippen molar-refractivity contribution in [2.24, 2.45) is 0 Å². The molecule has 0 amide bonds. The summed E-state index contributed by atoms with van der Waals surface area (Å²) in [6, 6.07) is 0. The molecule has 0 aliphatic rings. The predicted molar refractivity (Wildman–Crippen MR) is 61.2 cm³/mol. The Morgan fingerprint density at radius 1 is 0.615 bits per heavy atom. The predicted octanol–water partition coefficient (Wildman–Crippen LogP) is 4.76. The molecule has 0 nitrogen and oxygen atoms in total. The van der Waals surface area contributed by atoms with Crippen LogP contribution in [0.2, 0.25) is 0 Å². The van der Waals surface area contributed by atoms with E-state index >= 15 is 0 Å². The molecule has 0 N–H and O–H groups in total. The highest BCUT2D eigenvalue weighted by Crippen LogP contribution is 2.09. The third-order valence-corrected chi connectivity index (χ3v) is 2.32. The Balaban J connectivity index is 2.76. The second kappa shape index (κ2) is 12.0. The van der Waals surface area contributed by atoms with Gasteiger partial charge in [0.15, 0.2) is 0 Å². The van der Waals surface area contributed by atoms with E-state index in [0.717, 1.165) is 12.8 Å². The zero-order valence-corrected chi connectivity index (χ0v) is 9.06. The van der Waals surface area contributed by atoms with Gasteiger partial charge < -0.3 is 0 Å². The molecule has 0 saturated heterocycles. The first kappa shape index (κ1) is 13.0. The lowest BCUT2D eigenvalue weighted by Crippen LogP contribution is -1.81. The van der Waals surface area contributed by atoms with Gasteiger partial charge >= 0.3 is 0 Å². The van der Waals surface area contributed by atoms with Crippen molar-refractivity contribution >= 4 is 0 Å². The highest BCUT2D eigenvalue weighted by Gasteiger charge is 1.91. The van der Waals surface area contributed by atoms with Crippen LogP contribution in [-0.2, 0) is 0 Å². The van der Waals surface area contributed by atoms with Gasteiger partial charge in [0.25, 0.3) is 0 Å². The topological polar surface area (TPSA) is 0 Å². The van der Waals surface area contributed by atoms with Crippen molar-refractivity contribution in [3.63, 3.8) is 0 Å². The molecule has 77 valence electrons. The van der Waals surface area contributed by atoms with Gasteiger partial charge in [0.2, 0.25) is 0 Å². The van der Waals surface area contributed by atoms with Crippen molar-refractivity contribution in [3.05, 3.63) is 20.3 Å². The lowest BCUT2D eigenvalue weighted by atomic mass is 10.1. The summed E-state index contributed by atoms with van der Waals surface area (Å²) < 4.78 is 0.